The number of aliphatic hydroxyl groups excluding tert-OH is 1. The first-order valence-electron chi connectivity index (χ1n) is 9.32. The Hall–Kier alpha value is -1.82. The van der Waals surface area contributed by atoms with Crippen molar-refractivity contribution in [1.29, 1.82) is 0 Å². The van der Waals surface area contributed by atoms with Crippen LogP contribution in [0.15, 0.2) is 42.6 Å². The highest BCUT2D eigenvalue weighted by atomic mass is 16.5. The molecule has 0 aliphatic rings. The molecule has 0 bridgehead atoms. The third-order valence-corrected chi connectivity index (χ3v) is 4.50. The van der Waals surface area contributed by atoms with E-state index in [-0.39, 0.29) is 6.10 Å². The van der Waals surface area contributed by atoms with Gasteiger partial charge in [0.25, 0.3) is 0 Å². The Labute approximate surface area is 157 Å². The molecule has 5 nitrogen and oxygen atoms in total. The van der Waals surface area contributed by atoms with Crippen molar-refractivity contribution in [2.75, 3.05) is 33.9 Å². The predicted octanol–water partition coefficient (Wildman–Crippen LogP) is 3.15. The SMILES string of the molecule is CCC[C@@H](O)CN(CCOC)Cc1cccn1Cc1cccc(OC)c1. The van der Waals surface area contributed by atoms with E-state index in [1.54, 1.807) is 14.2 Å². The smallest absolute Gasteiger partial charge is 0.119 e. The molecule has 26 heavy (non-hydrogen) atoms. The first-order chi connectivity index (χ1) is 12.7. The van der Waals surface area contributed by atoms with E-state index >= 15 is 0 Å². The first-order valence-corrected chi connectivity index (χ1v) is 9.32. The van der Waals surface area contributed by atoms with Gasteiger partial charge in [0.15, 0.2) is 0 Å². The molecular weight excluding hydrogens is 328 g/mol. The number of nitrogens with zero attached hydrogens (tertiary/aromatic N) is 2. The van der Waals surface area contributed by atoms with Crippen molar-refractivity contribution in [3.8, 4) is 5.75 Å². The maximum Gasteiger partial charge on any atom is 0.119 e. The largest absolute Gasteiger partial charge is 0.497 e. The molecule has 1 aromatic carbocycles. The fourth-order valence-corrected chi connectivity index (χ4v) is 3.12. The molecular formula is C21H32N2O3. The summed E-state index contributed by atoms with van der Waals surface area (Å²) < 4.78 is 12.8. The molecule has 2 aromatic rings. The second kappa shape index (κ2) is 11.0. The van der Waals surface area contributed by atoms with Crippen LogP contribution in [0.5, 0.6) is 5.75 Å². The Balaban J connectivity index is 2.05. The minimum atomic E-state index is -0.293. The molecule has 0 aliphatic carbocycles. The van der Waals surface area contributed by atoms with E-state index in [9.17, 15) is 5.11 Å². The molecule has 2 rings (SSSR count). The van der Waals surface area contributed by atoms with Gasteiger partial charge in [-0.05, 0) is 36.2 Å². The van der Waals surface area contributed by atoms with Crippen LogP contribution < -0.4 is 4.74 Å². The van der Waals surface area contributed by atoms with Gasteiger partial charge in [0.1, 0.15) is 5.75 Å². The van der Waals surface area contributed by atoms with Crippen molar-refractivity contribution in [1.82, 2.24) is 9.47 Å². The number of aromatic nitrogens is 1. The molecule has 1 atom stereocenters. The van der Waals surface area contributed by atoms with Gasteiger partial charge in [0.2, 0.25) is 0 Å². The zero-order valence-corrected chi connectivity index (χ0v) is 16.2. The molecule has 0 aliphatic heterocycles. The summed E-state index contributed by atoms with van der Waals surface area (Å²) in [7, 11) is 3.40. The molecule has 1 N–H and O–H groups in total. The lowest BCUT2D eigenvalue weighted by Gasteiger charge is -2.25. The summed E-state index contributed by atoms with van der Waals surface area (Å²) in [5.41, 5.74) is 2.43. The maximum absolute atomic E-state index is 10.2. The molecule has 1 heterocycles. The summed E-state index contributed by atoms with van der Waals surface area (Å²) in [6.45, 7) is 5.83. The van der Waals surface area contributed by atoms with Gasteiger partial charge in [-0.15, -0.1) is 0 Å². The number of rotatable bonds is 12. The van der Waals surface area contributed by atoms with Crippen LogP contribution in [0.1, 0.15) is 31.0 Å². The molecule has 0 spiro atoms. The average Bonchev–Trinajstić information content (AvgIpc) is 3.06. The minimum Gasteiger partial charge on any atom is -0.497 e. The lowest BCUT2D eigenvalue weighted by molar-refractivity contribution is 0.0788. The molecule has 0 saturated carbocycles. The highest BCUT2D eigenvalue weighted by Crippen LogP contribution is 2.16. The van der Waals surface area contributed by atoms with Crippen LogP contribution in [0.2, 0.25) is 0 Å². The van der Waals surface area contributed by atoms with Gasteiger partial charge in [-0.3, -0.25) is 4.90 Å². The van der Waals surface area contributed by atoms with Crippen LogP contribution in [0.4, 0.5) is 0 Å². The van der Waals surface area contributed by atoms with E-state index in [2.05, 4.69) is 46.9 Å². The first kappa shape index (κ1) is 20.5. The summed E-state index contributed by atoms with van der Waals surface area (Å²) in [6, 6.07) is 12.4. The molecule has 1 aromatic heterocycles. The van der Waals surface area contributed by atoms with Crippen LogP contribution in [0.25, 0.3) is 0 Å². The van der Waals surface area contributed by atoms with Crippen molar-refractivity contribution in [2.45, 2.75) is 39.0 Å². The van der Waals surface area contributed by atoms with Gasteiger partial charge in [-0.2, -0.15) is 0 Å². The number of ether oxygens (including phenoxy) is 2. The highest BCUT2D eigenvalue weighted by molar-refractivity contribution is 5.29. The summed E-state index contributed by atoms with van der Waals surface area (Å²) in [5.74, 6) is 0.876. The Morgan fingerprint density at radius 2 is 2.04 bits per heavy atom. The van der Waals surface area contributed by atoms with Crippen molar-refractivity contribution >= 4 is 0 Å². The van der Waals surface area contributed by atoms with E-state index < -0.39 is 0 Å². The van der Waals surface area contributed by atoms with Crippen LogP contribution in [-0.4, -0.2) is 54.6 Å². The van der Waals surface area contributed by atoms with Crippen molar-refractivity contribution in [3.05, 3.63) is 53.9 Å². The number of aliphatic hydroxyl groups is 1. The molecule has 0 saturated heterocycles. The van der Waals surface area contributed by atoms with Crippen LogP contribution in [-0.2, 0) is 17.8 Å². The normalized spacial score (nSPS) is 12.5. The maximum atomic E-state index is 10.2. The van der Waals surface area contributed by atoms with E-state index in [1.807, 2.05) is 12.1 Å². The predicted molar refractivity (Wildman–Crippen MR) is 105 cm³/mol. The Bertz CT molecular complexity index is 642. The number of benzene rings is 1. The van der Waals surface area contributed by atoms with Crippen molar-refractivity contribution in [2.24, 2.45) is 0 Å². The Morgan fingerprint density at radius 3 is 2.77 bits per heavy atom. The van der Waals surface area contributed by atoms with Crippen LogP contribution in [0.3, 0.4) is 0 Å². The molecule has 0 amide bonds. The number of hydrogen-bond donors (Lipinski definition) is 1. The van der Waals surface area contributed by atoms with E-state index in [0.717, 1.165) is 38.2 Å². The third kappa shape index (κ3) is 6.48. The molecule has 0 radical (unpaired) electrons. The lowest BCUT2D eigenvalue weighted by atomic mass is 10.2. The summed E-state index contributed by atoms with van der Waals surface area (Å²) >= 11 is 0. The second-order valence-corrected chi connectivity index (χ2v) is 6.65. The van der Waals surface area contributed by atoms with Crippen molar-refractivity contribution < 1.29 is 14.6 Å². The Kier molecular flexibility index (Phi) is 8.68. The average molecular weight is 360 g/mol. The van der Waals surface area contributed by atoms with Crippen molar-refractivity contribution in [3.63, 3.8) is 0 Å². The summed E-state index contributed by atoms with van der Waals surface area (Å²) in [5, 5.41) is 10.2. The van der Waals surface area contributed by atoms with Crippen LogP contribution >= 0.6 is 0 Å². The van der Waals surface area contributed by atoms with Gasteiger partial charge in [0, 0.05) is 45.2 Å². The summed E-state index contributed by atoms with van der Waals surface area (Å²) in [6.07, 6.45) is 3.63. The molecule has 0 fully saturated rings. The minimum absolute atomic E-state index is 0.293. The van der Waals surface area contributed by atoms with E-state index in [4.69, 9.17) is 9.47 Å². The highest BCUT2D eigenvalue weighted by Gasteiger charge is 2.14. The lowest BCUT2D eigenvalue weighted by Crippen LogP contribution is -2.35. The monoisotopic (exact) mass is 360 g/mol. The van der Waals surface area contributed by atoms with Gasteiger partial charge >= 0.3 is 0 Å². The van der Waals surface area contributed by atoms with Gasteiger partial charge in [-0.25, -0.2) is 0 Å². The summed E-state index contributed by atoms with van der Waals surface area (Å²) in [4.78, 5) is 2.27. The van der Waals surface area contributed by atoms with Gasteiger partial charge in [0.05, 0.1) is 19.8 Å². The molecule has 144 valence electrons. The molecule has 5 heteroatoms. The fraction of sp³-hybridized carbons (Fsp3) is 0.524. The Morgan fingerprint density at radius 1 is 1.19 bits per heavy atom. The standard InChI is InChI=1S/C21H32N2O3/c1-4-7-20(24)17-22(12-13-25-2)16-19-9-6-11-23(19)15-18-8-5-10-21(14-18)26-3/h5-6,8-11,14,20,24H,4,7,12-13,15-17H2,1-3H3/t20-/m1/s1. The van der Waals surface area contributed by atoms with Gasteiger partial charge < -0.3 is 19.1 Å². The third-order valence-electron chi connectivity index (χ3n) is 4.50. The second-order valence-electron chi connectivity index (χ2n) is 6.65. The zero-order valence-electron chi connectivity index (χ0n) is 16.2. The van der Waals surface area contributed by atoms with E-state index in [0.29, 0.717) is 13.2 Å². The fourth-order valence-electron chi connectivity index (χ4n) is 3.12. The number of methoxy groups -OCH3 is 2. The van der Waals surface area contributed by atoms with Crippen LogP contribution in [0, 0.1) is 0 Å². The quantitative estimate of drug-likeness (QED) is 0.632. The van der Waals surface area contributed by atoms with Gasteiger partial charge in [-0.1, -0.05) is 25.5 Å². The van der Waals surface area contributed by atoms with E-state index in [1.165, 1.54) is 11.3 Å². The number of hydrogen-bond acceptors (Lipinski definition) is 4. The zero-order chi connectivity index (χ0) is 18.8. The topological polar surface area (TPSA) is 46.9 Å². The molecule has 0 unspecified atom stereocenters.